The highest BCUT2D eigenvalue weighted by Crippen LogP contribution is 2.33. The van der Waals surface area contributed by atoms with Crippen molar-refractivity contribution in [3.05, 3.63) is 18.2 Å². The van der Waals surface area contributed by atoms with E-state index in [2.05, 4.69) is 10.3 Å². The van der Waals surface area contributed by atoms with Crippen LogP contribution in [0.15, 0.2) is 18.2 Å². The van der Waals surface area contributed by atoms with Gasteiger partial charge in [0.15, 0.2) is 5.13 Å². The van der Waals surface area contributed by atoms with Gasteiger partial charge >= 0.3 is 0 Å². The number of thiazole rings is 1. The van der Waals surface area contributed by atoms with Crippen LogP contribution in [-0.2, 0) is 4.79 Å². The molecule has 2 aromatic rings. The molecule has 1 amide bonds. The van der Waals surface area contributed by atoms with E-state index in [1.54, 1.807) is 7.11 Å². The van der Waals surface area contributed by atoms with Crippen LogP contribution in [0.2, 0.25) is 0 Å². The van der Waals surface area contributed by atoms with Gasteiger partial charge in [-0.2, -0.15) is 0 Å². The predicted octanol–water partition coefficient (Wildman–Crippen LogP) is 2.51. The molecule has 1 aliphatic carbocycles. The van der Waals surface area contributed by atoms with E-state index in [0.29, 0.717) is 11.6 Å². The Hall–Kier alpha value is -1.66. The first-order chi connectivity index (χ1) is 9.58. The minimum atomic E-state index is -0.302. The average Bonchev–Trinajstić information content (AvgIpc) is 2.77. The van der Waals surface area contributed by atoms with Gasteiger partial charge in [-0.15, -0.1) is 0 Å². The zero-order chi connectivity index (χ0) is 14.2. The van der Waals surface area contributed by atoms with Crippen LogP contribution in [0.1, 0.15) is 25.7 Å². The molecule has 1 aromatic heterocycles. The molecule has 1 aromatic carbocycles. The molecule has 3 N–H and O–H groups in total. The summed E-state index contributed by atoms with van der Waals surface area (Å²) in [5.41, 5.74) is 6.63. The highest BCUT2D eigenvalue weighted by atomic mass is 32.1. The fourth-order valence-electron chi connectivity index (χ4n) is 2.38. The molecule has 106 valence electrons. The van der Waals surface area contributed by atoms with Gasteiger partial charge in [0.2, 0.25) is 5.91 Å². The number of ether oxygens (including phenoxy) is 1. The number of aromatic nitrogens is 1. The van der Waals surface area contributed by atoms with Gasteiger partial charge < -0.3 is 15.8 Å². The number of hydrogen-bond donors (Lipinski definition) is 2. The zero-order valence-corrected chi connectivity index (χ0v) is 12.1. The second kappa shape index (κ2) is 5.03. The van der Waals surface area contributed by atoms with E-state index >= 15 is 0 Å². The maximum absolute atomic E-state index is 12.0. The average molecular weight is 291 g/mol. The van der Waals surface area contributed by atoms with Crippen LogP contribution in [0.4, 0.5) is 5.13 Å². The van der Waals surface area contributed by atoms with Crippen LogP contribution in [-0.4, -0.2) is 23.5 Å². The van der Waals surface area contributed by atoms with Gasteiger partial charge in [-0.1, -0.05) is 11.3 Å². The standard InChI is InChI=1S/C14H17N3O2S/c1-19-9-3-4-10-11(7-9)20-13(16-10)17-12(18)8-14(15)5-2-6-14/h3-4,7H,2,5-6,8,15H2,1H3,(H,16,17,18). The number of fused-ring (bicyclic) bond motifs is 1. The summed E-state index contributed by atoms with van der Waals surface area (Å²) in [7, 11) is 1.63. The van der Waals surface area contributed by atoms with E-state index in [1.165, 1.54) is 11.3 Å². The Bertz CT molecular complexity index is 649. The number of methoxy groups -OCH3 is 1. The van der Waals surface area contributed by atoms with Crippen molar-refractivity contribution in [2.45, 2.75) is 31.2 Å². The Morgan fingerprint density at radius 3 is 3.00 bits per heavy atom. The number of carbonyl (C=O) groups excluding carboxylic acids is 1. The van der Waals surface area contributed by atoms with Crippen LogP contribution < -0.4 is 15.8 Å². The Morgan fingerprint density at radius 1 is 1.55 bits per heavy atom. The molecule has 0 atom stereocenters. The molecule has 1 aliphatic rings. The monoisotopic (exact) mass is 291 g/mol. The van der Waals surface area contributed by atoms with Gasteiger partial charge in [0.1, 0.15) is 5.75 Å². The lowest BCUT2D eigenvalue weighted by atomic mass is 9.75. The number of anilines is 1. The molecule has 6 heteroatoms. The van der Waals surface area contributed by atoms with E-state index in [1.807, 2.05) is 18.2 Å². The Morgan fingerprint density at radius 2 is 2.35 bits per heavy atom. The number of carbonyl (C=O) groups is 1. The van der Waals surface area contributed by atoms with E-state index in [9.17, 15) is 4.79 Å². The third kappa shape index (κ3) is 2.62. The highest BCUT2D eigenvalue weighted by molar-refractivity contribution is 7.22. The molecular weight excluding hydrogens is 274 g/mol. The minimum absolute atomic E-state index is 0.0572. The molecule has 1 fully saturated rings. The van der Waals surface area contributed by atoms with E-state index in [0.717, 1.165) is 35.2 Å². The van der Waals surface area contributed by atoms with Crippen LogP contribution in [0.3, 0.4) is 0 Å². The van der Waals surface area contributed by atoms with Crippen LogP contribution in [0.5, 0.6) is 5.75 Å². The van der Waals surface area contributed by atoms with Crippen molar-refractivity contribution in [2.24, 2.45) is 5.73 Å². The van der Waals surface area contributed by atoms with Gasteiger partial charge in [0.25, 0.3) is 0 Å². The van der Waals surface area contributed by atoms with Gasteiger partial charge in [-0.05, 0) is 37.5 Å². The van der Waals surface area contributed by atoms with Crippen molar-refractivity contribution in [2.75, 3.05) is 12.4 Å². The molecule has 0 saturated heterocycles. The fraction of sp³-hybridized carbons (Fsp3) is 0.429. The smallest absolute Gasteiger partial charge is 0.228 e. The lowest BCUT2D eigenvalue weighted by molar-refractivity contribution is -0.118. The lowest BCUT2D eigenvalue weighted by Gasteiger charge is -2.37. The fourth-order valence-corrected chi connectivity index (χ4v) is 3.29. The Balaban J connectivity index is 1.72. The van der Waals surface area contributed by atoms with E-state index in [-0.39, 0.29) is 11.4 Å². The summed E-state index contributed by atoms with van der Waals surface area (Å²) in [5, 5.41) is 3.45. The van der Waals surface area contributed by atoms with Crippen LogP contribution in [0, 0.1) is 0 Å². The second-order valence-electron chi connectivity index (χ2n) is 5.29. The summed E-state index contributed by atoms with van der Waals surface area (Å²) < 4.78 is 6.17. The van der Waals surface area contributed by atoms with Crippen molar-refractivity contribution in [1.82, 2.24) is 4.98 Å². The third-order valence-electron chi connectivity index (χ3n) is 3.70. The van der Waals surface area contributed by atoms with Gasteiger partial charge in [0.05, 0.1) is 17.3 Å². The van der Waals surface area contributed by atoms with Crippen molar-refractivity contribution in [1.29, 1.82) is 0 Å². The van der Waals surface area contributed by atoms with Crippen molar-refractivity contribution < 1.29 is 9.53 Å². The molecule has 0 spiro atoms. The molecule has 0 bridgehead atoms. The first-order valence-electron chi connectivity index (χ1n) is 6.61. The first kappa shape index (κ1) is 13.3. The molecule has 1 saturated carbocycles. The molecule has 0 unspecified atom stereocenters. The quantitative estimate of drug-likeness (QED) is 0.907. The first-order valence-corrected chi connectivity index (χ1v) is 7.43. The summed E-state index contributed by atoms with van der Waals surface area (Å²) in [5.74, 6) is 0.729. The number of nitrogens with one attached hydrogen (secondary N) is 1. The topological polar surface area (TPSA) is 77.2 Å². The summed E-state index contributed by atoms with van der Waals surface area (Å²) in [6.45, 7) is 0. The highest BCUT2D eigenvalue weighted by Gasteiger charge is 2.34. The van der Waals surface area contributed by atoms with E-state index in [4.69, 9.17) is 10.5 Å². The predicted molar refractivity (Wildman–Crippen MR) is 80.2 cm³/mol. The number of rotatable bonds is 4. The normalized spacial score (nSPS) is 16.7. The molecule has 20 heavy (non-hydrogen) atoms. The molecule has 3 rings (SSSR count). The SMILES string of the molecule is COc1ccc2nc(NC(=O)CC3(N)CCC3)sc2c1. The molecular formula is C14H17N3O2S. The van der Waals surface area contributed by atoms with Crippen LogP contribution in [0.25, 0.3) is 10.2 Å². The lowest BCUT2D eigenvalue weighted by Crippen LogP contribution is -2.48. The summed E-state index contributed by atoms with van der Waals surface area (Å²) in [6, 6.07) is 5.66. The van der Waals surface area contributed by atoms with E-state index < -0.39 is 0 Å². The van der Waals surface area contributed by atoms with Crippen molar-refractivity contribution in [3.63, 3.8) is 0 Å². The van der Waals surface area contributed by atoms with Crippen molar-refractivity contribution >= 4 is 32.6 Å². The largest absolute Gasteiger partial charge is 0.497 e. The van der Waals surface area contributed by atoms with Gasteiger partial charge in [-0.25, -0.2) is 4.98 Å². The van der Waals surface area contributed by atoms with Gasteiger partial charge in [-0.3, -0.25) is 4.79 Å². The van der Waals surface area contributed by atoms with Crippen molar-refractivity contribution in [3.8, 4) is 5.75 Å². The number of hydrogen-bond acceptors (Lipinski definition) is 5. The maximum Gasteiger partial charge on any atom is 0.228 e. The summed E-state index contributed by atoms with van der Waals surface area (Å²) in [6.07, 6.45) is 3.34. The molecule has 5 nitrogen and oxygen atoms in total. The zero-order valence-electron chi connectivity index (χ0n) is 11.3. The number of nitrogens with zero attached hydrogens (tertiary/aromatic N) is 1. The maximum atomic E-state index is 12.0. The third-order valence-corrected chi connectivity index (χ3v) is 4.64. The second-order valence-corrected chi connectivity index (χ2v) is 6.32. The molecule has 0 aliphatic heterocycles. The number of amides is 1. The summed E-state index contributed by atoms with van der Waals surface area (Å²) in [4.78, 5) is 16.4. The summed E-state index contributed by atoms with van der Waals surface area (Å²) >= 11 is 1.44. The Labute approximate surface area is 121 Å². The minimum Gasteiger partial charge on any atom is -0.497 e. The molecule has 0 radical (unpaired) electrons. The molecule has 1 heterocycles. The number of benzene rings is 1. The number of nitrogens with two attached hydrogens (primary N) is 1. The van der Waals surface area contributed by atoms with Gasteiger partial charge in [0, 0.05) is 12.0 Å². The van der Waals surface area contributed by atoms with Crippen LogP contribution >= 0.6 is 11.3 Å². The Kier molecular flexibility index (Phi) is 3.35.